The van der Waals surface area contributed by atoms with Crippen molar-refractivity contribution in [2.75, 3.05) is 0 Å². The van der Waals surface area contributed by atoms with Crippen LogP contribution in [0.2, 0.25) is 0 Å². The zero-order valence-electron chi connectivity index (χ0n) is 6.93. The summed E-state index contributed by atoms with van der Waals surface area (Å²) in [6.45, 7) is 3.61. The average Bonchev–Trinajstić information content (AvgIpc) is 2.04. The van der Waals surface area contributed by atoms with E-state index >= 15 is 0 Å². The van der Waals surface area contributed by atoms with Gasteiger partial charge in [-0.2, -0.15) is 0 Å². The third-order valence-corrected chi connectivity index (χ3v) is 4.51. The Kier molecular flexibility index (Phi) is 3.51. The Morgan fingerprint density at radius 2 is 2.17 bits per heavy atom. The molecule has 64 valence electrons. The van der Waals surface area contributed by atoms with E-state index in [2.05, 4.69) is 14.1 Å². The molecule has 0 aliphatic rings. The number of carbonyl (C=O) groups is 1. The molecule has 0 spiro atoms. The van der Waals surface area contributed by atoms with Gasteiger partial charge in [-0.1, -0.05) is 0 Å². The van der Waals surface area contributed by atoms with Crippen LogP contribution in [0.5, 0.6) is 0 Å². The van der Waals surface area contributed by atoms with Crippen LogP contribution in [0, 0.1) is 6.92 Å². The molecule has 0 saturated heterocycles. The molecular weight excluding hydrogens is 283 g/mol. The van der Waals surface area contributed by atoms with Crippen molar-refractivity contribution in [1.29, 1.82) is 0 Å². The van der Waals surface area contributed by atoms with Gasteiger partial charge in [-0.15, -0.1) is 0 Å². The van der Waals surface area contributed by atoms with Crippen LogP contribution >= 0.6 is 14.1 Å². The maximum atomic E-state index is 11.2. The van der Waals surface area contributed by atoms with E-state index in [1.165, 1.54) is 0 Å². The van der Waals surface area contributed by atoms with E-state index < -0.39 is 0 Å². The first-order valence-electron chi connectivity index (χ1n) is 3.55. The van der Waals surface area contributed by atoms with Gasteiger partial charge in [-0.05, 0) is 0 Å². The van der Waals surface area contributed by atoms with Crippen LogP contribution < -0.4 is 4.46 Å². The molecular formula is C9H9BrOSe. The van der Waals surface area contributed by atoms with Gasteiger partial charge in [-0.25, -0.2) is 0 Å². The van der Waals surface area contributed by atoms with E-state index in [1.54, 1.807) is 6.92 Å². The van der Waals surface area contributed by atoms with Crippen molar-refractivity contribution in [3.05, 3.63) is 29.3 Å². The van der Waals surface area contributed by atoms with Gasteiger partial charge in [0.05, 0.1) is 0 Å². The van der Waals surface area contributed by atoms with Gasteiger partial charge in [0.1, 0.15) is 0 Å². The van der Waals surface area contributed by atoms with Crippen LogP contribution in [0.25, 0.3) is 0 Å². The fourth-order valence-electron chi connectivity index (χ4n) is 0.986. The summed E-state index contributed by atoms with van der Waals surface area (Å²) in [4.78, 5) is 11.2. The first kappa shape index (κ1) is 9.97. The molecule has 1 aromatic rings. The third-order valence-electron chi connectivity index (χ3n) is 1.60. The second-order valence-corrected chi connectivity index (χ2v) is 5.56. The molecule has 1 nitrogen and oxygen atoms in total. The molecule has 0 radical (unpaired) electrons. The number of carbonyl (C=O) groups excluding carboxylic acids is 1. The Bertz CT molecular complexity index is 309. The van der Waals surface area contributed by atoms with Gasteiger partial charge in [0.2, 0.25) is 0 Å². The molecule has 0 aliphatic carbocycles. The summed E-state index contributed by atoms with van der Waals surface area (Å²) in [7, 11) is 0. The summed E-state index contributed by atoms with van der Waals surface area (Å²) in [6, 6.07) is 5.99. The Labute approximate surface area is 85.4 Å². The van der Waals surface area contributed by atoms with E-state index in [-0.39, 0.29) is 18.9 Å². The van der Waals surface area contributed by atoms with Crippen molar-refractivity contribution in [1.82, 2.24) is 0 Å². The summed E-state index contributed by atoms with van der Waals surface area (Å²) >= 11 is 3.64. The van der Waals surface area contributed by atoms with Gasteiger partial charge < -0.3 is 0 Å². The maximum absolute atomic E-state index is 11.2. The predicted molar refractivity (Wildman–Crippen MR) is 55.5 cm³/mol. The van der Waals surface area contributed by atoms with Crippen molar-refractivity contribution >= 4 is 37.5 Å². The number of benzene rings is 1. The number of rotatable bonds is 2. The van der Waals surface area contributed by atoms with E-state index in [9.17, 15) is 4.79 Å². The van der Waals surface area contributed by atoms with E-state index in [1.807, 2.05) is 25.1 Å². The molecule has 0 N–H and O–H groups in total. The molecule has 0 amide bonds. The van der Waals surface area contributed by atoms with Crippen molar-refractivity contribution in [2.45, 2.75) is 13.8 Å². The summed E-state index contributed by atoms with van der Waals surface area (Å²) in [5.41, 5.74) is 1.99. The predicted octanol–water partition coefficient (Wildman–Crippen LogP) is 1.84. The van der Waals surface area contributed by atoms with Gasteiger partial charge in [0.25, 0.3) is 0 Å². The van der Waals surface area contributed by atoms with Crippen LogP contribution in [0.1, 0.15) is 22.8 Å². The number of hydrogen-bond donors (Lipinski definition) is 0. The van der Waals surface area contributed by atoms with Crippen molar-refractivity contribution in [3.8, 4) is 0 Å². The van der Waals surface area contributed by atoms with Crippen LogP contribution in [0.15, 0.2) is 18.2 Å². The SMILES string of the molecule is CC(=O)c1cc(C)ccc1[Se]Br. The third kappa shape index (κ3) is 2.19. The number of Topliss-reactive ketones (excluding diaryl/α,β-unsaturated/α-hetero) is 1. The summed E-state index contributed by atoms with van der Waals surface area (Å²) in [6.07, 6.45) is 0. The van der Waals surface area contributed by atoms with Crippen molar-refractivity contribution < 1.29 is 4.79 Å². The van der Waals surface area contributed by atoms with Gasteiger partial charge in [0.15, 0.2) is 0 Å². The molecule has 1 aromatic carbocycles. The Balaban J connectivity index is 3.21. The normalized spacial score (nSPS) is 9.92. The molecule has 12 heavy (non-hydrogen) atoms. The molecule has 0 heterocycles. The second kappa shape index (κ2) is 4.22. The standard InChI is InChI=1S/C9H9BrOSe/c1-6-3-4-9(12-10)8(5-6)7(2)11/h3-5H,1-2H3. The van der Waals surface area contributed by atoms with Crippen LogP contribution in [0.3, 0.4) is 0 Å². The molecule has 0 aromatic heterocycles. The van der Waals surface area contributed by atoms with Crippen molar-refractivity contribution in [3.63, 3.8) is 0 Å². The Hall–Kier alpha value is -0.111. The second-order valence-electron chi connectivity index (χ2n) is 2.63. The molecule has 0 atom stereocenters. The molecule has 0 bridgehead atoms. The van der Waals surface area contributed by atoms with E-state index in [0.29, 0.717) is 0 Å². The van der Waals surface area contributed by atoms with Gasteiger partial charge in [-0.3, -0.25) is 0 Å². The molecule has 0 unspecified atom stereocenters. The fourth-order valence-corrected chi connectivity index (χ4v) is 3.30. The Morgan fingerprint density at radius 3 is 2.67 bits per heavy atom. The topological polar surface area (TPSA) is 17.1 Å². The number of halogens is 1. The molecule has 0 aliphatic heterocycles. The molecule has 0 saturated carbocycles. The zero-order chi connectivity index (χ0) is 9.14. The quantitative estimate of drug-likeness (QED) is 0.600. The summed E-state index contributed by atoms with van der Waals surface area (Å²) in [5, 5.41) is 0. The van der Waals surface area contributed by atoms with Gasteiger partial charge in [0, 0.05) is 0 Å². The molecule has 1 rings (SSSR count). The zero-order valence-corrected chi connectivity index (χ0v) is 10.2. The van der Waals surface area contributed by atoms with Crippen LogP contribution in [-0.4, -0.2) is 18.9 Å². The fraction of sp³-hybridized carbons (Fsp3) is 0.222. The summed E-state index contributed by atoms with van der Waals surface area (Å²) in [5.74, 6) is 0.148. The van der Waals surface area contributed by atoms with Crippen LogP contribution in [-0.2, 0) is 0 Å². The number of aryl methyl sites for hydroxylation is 1. The summed E-state index contributed by atoms with van der Waals surface area (Å²) < 4.78 is 1.13. The molecule has 3 heteroatoms. The van der Waals surface area contributed by atoms with Crippen molar-refractivity contribution in [2.24, 2.45) is 0 Å². The monoisotopic (exact) mass is 292 g/mol. The average molecular weight is 292 g/mol. The number of ketones is 1. The van der Waals surface area contributed by atoms with Gasteiger partial charge >= 0.3 is 85.5 Å². The first-order valence-corrected chi connectivity index (χ1v) is 8.42. The number of hydrogen-bond acceptors (Lipinski definition) is 1. The van der Waals surface area contributed by atoms with E-state index in [4.69, 9.17) is 0 Å². The molecule has 0 fully saturated rings. The van der Waals surface area contributed by atoms with E-state index in [0.717, 1.165) is 15.6 Å². The first-order chi connectivity index (χ1) is 5.65. The minimum absolute atomic E-state index is 0.148. The Morgan fingerprint density at radius 1 is 1.50 bits per heavy atom. The van der Waals surface area contributed by atoms with Crippen LogP contribution in [0.4, 0.5) is 0 Å². The minimum atomic E-state index is 0.148.